The van der Waals surface area contributed by atoms with E-state index >= 15 is 0 Å². The van der Waals surface area contributed by atoms with Crippen LogP contribution in [0, 0.1) is 13.8 Å². The van der Waals surface area contributed by atoms with E-state index in [-0.39, 0.29) is 11.4 Å². The average Bonchev–Trinajstić information content (AvgIpc) is 2.85. The Morgan fingerprint density at radius 1 is 0.900 bits per heavy atom. The zero-order valence-corrected chi connectivity index (χ0v) is 25.9. The number of anilines is 1. The number of sulfonamides is 1. The number of hydrogen-bond acceptors (Lipinski definition) is 4. The normalized spacial score (nSPS) is 12.5. The van der Waals surface area contributed by atoms with Gasteiger partial charge in [0.15, 0.2) is 0 Å². The first-order valence-electron chi connectivity index (χ1n) is 12.8. The van der Waals surface area contributed by atoms with Gasteiger partial charge in [0, 0.05) is 27.7 Å². The second-order valence-electron chi connectivity index (χ2n) is 10.8. The fraction of sp³-hybridized carbons (Fsp3) is 0.333. The fourth-order valence-electron chi connectivity index (χ4n) is 4.06. The third-order valence-corrected chi connectivity index (χ3v) is 8.73. The summed E-state index contributed by atoms with van der Waals surface area (Å²) in [5, 5.41) is 3.55. The van der Waals surface area contributed by atoms with Crippen molar-refractivity contribution in [3.8, 4) is 0 Å². The third kappa shape index (κ3) is 7.77. The third-order valence-electron chi connectivity index (χ3n) is 6.23. The largest absolute Gasteiger partial charge is 0.350 e. The minimum atomic E-state index is -4.15. The minimum absolute atomic E-state index is 0.0478. The van der Waals surface area contributed by atoms with Gasteiger partial charge in [0.25, 0.3) is 10.0 Å². The van der Waals surface area contributed by atoms with E-state index in [9.17, 15) is 18.0 Å². The van der Waals surface area contributed by atoms with Crippen molar-refractivity contribution >= 4 is 50.7 Å². The van der Waals surface area contributed by atoms with Gasteiger partial charge in [0.05, 0.1) is 10.6 Å². The molecule has 0 saturated heterocycles. The van der Waals surface area contributed by atoms with Gasteiger partial charge in [-0.2, -0.15) is 0 Å². The fourth-order valence-corrected chi connectivity index (χ4v) is 5.98. The van der Waals surface area contributed by atoms with E-state index < -0.39 is 40.0 Å². The summed E-state index contributed by atoms with van der Waals surface area (Å²) < 4.78 is 28.9. The van der Waals surface area contributed by atoms with Gasteiger partial charge in [0.2, 0.25) is 11.8 Å². The molecule has 0 aliphatic rings. The van der Waals surface area contributed by atoms with Gasteiger partial charge < -0.3 is 10.2 Å². The van der Waals surface area contributed by atoms with Gasteiger partial charge in [0.1, 0.15) is 12.6 Å². The molecule has 1 atom stereocenters. The first-order valence-corrected chi connectivity index (χ1v) is 15.0. The average molecular weight is 605 g/mol. The van der Waals surface area contributed by atoms with Gasteiger partial charge in [-0.05, 0) is 83.5 Å². The van der Waals surface area contributed by atoms with E-state index in [1.165, 1.54) is 17.0 Å². The topological polar surface area (TPSA) is 86.8 Å². The predicted molar refractivity (Wildman–Crippen MR) is 161 cm³/mol. The number of benzene rings is 3. The molecule has 0 aliphatic heterocycles. The van der Waals surface area contributed by atoms with Gasteiger partial charge in [-0.25, -0.2) is 8.42 Å². The van der Waals surface area contributed by atoms with Crippen LogP contribution in [0.5, 0.6) is 0 Å². The van der Waals surface area contributed by atoms with Crippen molar-refractivity contribution in [3.05, 3.63) is 93.5 Å². The number of nitrogens with one attached hydrogen (secondary N) is 1. The molecule has 0 spiro atoms. The van der Waals surface area contributed by atoms with Crippen molar-refractivity contribution in [3.63, 3.8) is 0 Å². The molecule has 10 heteroatoms. The van der Waals surface area contributed by atoms with Crippen LogP contribution in [0.2, 0.25) is 10.0 Å². The van der Waals surface area contributed by atoms with Gasteiger partial charge in [-0.3, -0.25) is 13.9 Å². The van der Waals surface area contributed by atoms with Crippen LogP contribution in [0.3, 0.4) is 0 Å². The zero-order chi connectivity index (χ0) is 29.8. The monoisotopic (exact) mass is 603 g/mol. The SMILES string of the molecule is Cc1ccc(S(=O)(=O)N(CC(=O)N(Cc2c(Cl)cccc2Cl)[C@H](C)C(=O)NC(C)(C)C)c2cccc(C)c2)cc1. The van der Waals surface area contributed by atoms with Crippen molar-refractivity contribution in [2.75, 3.05) is 10.8 Å². The Bertz CT molecular complexity index is 1470. The van der Waals surface area contributed by atoms with Crippen molar-refractivity contribution in [1.82, 2.24) is 10.2 Å². The smallest absolute Gasteiger partial charge is 0.264 e. The Morgan fingerprint density at radius 2 is 1.48 bits per heavy atom. The van der Waals surface area contributed by atoms with Crippen molar-refractivity contribution in [2.45, 2.75) is 64.6 Å². The summed E-state index contributed by atoms with van der Waals surface area (Å²) in [6, 6.07) is 17.3. The predicted octanol–water partition coefficient (Wildman–Crippen LogP) is 6.14. The highest BCUT2D eigenvalue weighted by molar-refractivity contribution is 7.92. The molecule has 3 rings (SSSR count). The lowest BCUT2D eigenvalue weighted by atomic mass is 10.1. The number of aryl methyl sites for hydroxylation is 2. The molecule has 40 heavy (non-hydrogen) atoms. The molecule has 0 heterocycles. The molecule has 0 aromatic heterocycles. The van der Waals surface area contributed by atoms with Crippen LogP contribution in [0.4, 0.5) is 5.69 Å². The Kier molecular flexibility index (Phi) is 9.93. The number of hydrogen-bond donors (Lipinski definition) is 1. The zero-order valence-electron chi connectivity index (χ0n) is 23.5. The van der Waals surface area contributed by atoms with Gasteiger partial charge in [-0.15, -0.1) is 0 Å². The highest BCUT2D eigenvalue weighted by Gasteiger charge is 2.34. The molecule has 0 radical (unpaired) electrons. The van der Waals surface area contributed by atoms with E-state index in [1.807, 2.05) is 40.7 Å². The summed E-state index contributed by atoms with van der Waals surface area (Å²) in [4.78, 5) is 28.6. The standard InChI is InChI=1S/C30H35Cl2N3O4S/c1-20-13-15-24(16-14-20)40(38,39)35(23-10-7-9-21(2)17-23)19-28(36)34(22(3)29(37)33-30(4,5)6)18-25-26(31)11-8-12-27(25)32/h7-17,22H,18-19H2,1-6H3,(H,33,37)/t22-/m1/s1. The molecule has 1 N–H and O–H groups in total. The number of nitrogens with zero attached hydrogens (tertiary/aromatic N) is 2. The lowest BCUT2D eigenvalue weighted by Crippen LogP contribution is -2.54. The second-order valence-corrected chi connectivity index (χ2v) is 13.5. The lowest BCUT2D eigenvalue weighted by Gasteiger charge is -2.34. The molecule has 3 aromatic carbocycles. The summed E-state index contributed by atoms with van der Waals surface area (Å²) in [5.74, 6) is -0.989. The molecule has 0 unspecified atom stereocenters. The van der Waals surface area contributed by atoms with E-state index in [2.05, 4.69) is 5.32 Å². The van der Waals surface area contributed by atoms with E-state index in [0.717, 1.165) is 15.4 Å². The van der Waals surface area contributed by atoms with Crippen LogP contribution in [0.25, 0.3) is 0 Å². The summed E-state index contributed by atoms with van der Waals surface area (Å²) in [7, 11) is -4.15. The summed E-state index contributed by atoms with van der Waals surface area (Å²) in [6.45, 7) is 10.2. The Balaban J connectivity index is 2.08. The Hall–Kier alpha value is -3.07. The number of carbonyl (C=O) groups is 2. The maximum atomic E-state index is 14.0. The molecule has 0 saturated carbocycles. The quantitative estimate of drug-likeness (QED) is 0.318. The van der Waals surface area contributed by atoms with Crippen LogP contribution in [0.15, 0.2) is 71.6 Å². The molecule has 0 bridgehead atoms. The van der Waals surface area contributed by atoms with Crippen LogP contribution >= 0.6 is 23.2 Å². The molecule has 2 amide bonds. The van der Waals surface area contributed by atoms with Crippen LogP contribution in [-0.4, -0.2) is 43.3 Å². The first kappa shape index (κ1) is 31.5. The van der Waals surface area contributed by atoms with E-state index in [4.69, 9.17) is 23.2 Å². The Labute approximate surface area is 247 Å². The van der Waals surface area contributed by atoms with E-state index in [1.54, 1.807) is 55.5 Å². The first-order chi connectivity index (χ1) is 18.6. The number of rotatable bonds is 9. The number of halogens is 2. The highest BCUT2D eigenvalue weighted by Crippen LogP contribution is 2.29. The molecule has 214 valence electrons. The lowest BCUT2D eigenvalue weighted by molar-refractivity contribution is -0.140. The number of amides is 2. The maximum absolute atomic E-state index is 14.0. The summed E-state index contributed by atoms with van der Waals surface area (Å²) in [5.41, 5.74) is 1.96. The van der Waals surface area contributed by atoms with Crippen LogP contribution < -0.4 is 9.62 Å². The molecular formula is C30H35Cl2N3O4S. The summed E-state index contributed by atoms with van der Waals surface area (Å²) >= 11 is 12.8. The van der Waals surface area contributed by atoms with Crippen molar-refractivity contribution in [1.29, 1.82) is 0 Å². The minimum Gasteiger partial charge on any atom is -0.350 e. The maximum Gasteiger partial charge on any atom is 0.264 e. The van der Waals surface area contributed by atoms with Crippen molar-refractivity contribution < 1.29 is 18.0 Å². The second kappa shape index (κ2) is 12.6. The van der Waals surface area contributed by atoms with Crippen molar-refractivity contribution in [2.24, 2.45) is 0 Å². The van der Waals surface area contributed by atoms with E-state index in [0.29, 0.717) is 21.3 Å². The molecule has 7 nitrogen and oxygen atoms in total. The van der Waals surface area contributed by atoms with Gasteiger partial charge in [-0.1, -0.05) is 59.1 Å². The summed E-state index contributed by atoms with van der Waals surface area (Å²) in [6.07, 6.45) is 0. The van der Waals surface area contributed by atoms with Gasteiger partial charge >= 0.3 is 0 Å². The molecular weight excluding hydrogens is 569 g/mol. The molecule has 3 aromatic rings. The van der Waals surface area contributed by atoms with Crippen LogP contribution in [0.1, 0.15) is 44.4 Å². The molecule has 0 fully saturated rings. The van der Waals surface area contributed by atoms with Crippen LogP contribution in [-0.2, 0) is 26.2 Å². The number of carbonyl (C=O) groups excluding carboxylic acids is 2. The highest BCUT2D eigenvalue weighted by atomic mass is 35.5. The molecule has 0 aliphatic carbocycles. The Morgan fingerprint density at radius 3 is 2.02 bits per heavy atom.